The highest BCUT2D eigenvalue weighted by atomic mass is 31.2. The molecular formula is C15H21NO6P2. The average Bonchev–Trinajstić information content (AvgIpc) is 2.52. The van der Waals surface area contributed by atoms with Crippen molar-refractivity contribution < 1.29 is 28.7 Å². The van der Waals surface area contributed by atoms with Crippen LogP contribution in [0.1, 0.15) is 6.42 Å². The molecule has 9 heteroatoms. The van der Waals surface area contributed by atoms with Crippen LogP contribution in [0.3, 0.4) is 0 Å². The topological polar surface area (TPSA) is 127 Å². The minimum Gasteiger partial charge on any atom is -0.385 e. The maximum absolute atomic E-state index is 10.7. The van der Waals surface area contributed by atoms with E-state index in [4.69, 9.17) is 24.1 Å². The number of anilines is 1. The van der Waals surface area contributed by atoms with Crippen LogP contribution in [0, 0.1) is 0 Å². The van der Waals surface area contributed by atoms with Gasteiger partial charge in [-0.15, -0.1) is 0 Å². The highest BCUT2D eigenvalue weighted by Crippen LogP contribution is 2.34. The van der Waals surface area contributed by atoms with Crippen LogP contribution < -0.4 is 5.32 Å². The zero-order valence-electron chi connectivity index (χ0n) is 12.9. The van der Waals surface area contributed by atoms with Crippen LogP contribution in [0.5, 0.6) is 0 Å². The molecule has 5 N–H and O–H groups in total. The quantitative estimate of drug-likeness (QED) is 0.389. The predicted molar refractivity (Wildman–Crippen MR) is 95.3 cm³/mol. The minimum absolute atomic E-state index is 0.0813. The zero-order valence-corrected chi connectivity index (χ0v) is 14.8. The van der Waals surface area contributed by atoms with Gasteiger partial charge in [-0.05, 0) is 29.7 Å². The molecule has 0 aromatic heterocycles. The molecule has 24 heavy (non-hydrogen) atoms. The first-order valence-corrected chi connectivity index (χ1v) is 10.2. The Morgan fingerprint density at radius 3 is 1.92 bits per heavy atom. The molecule has 0 atom stereocenters. The van der Waals surface area contributed by atoms with Crippen LogP contribution in [0.4, 0.5) is 5.69 Å². The number of nitrogens with one attached hydrogen (secondary N) is 1. The van der Waals surface area contributed by atoms with Crippen molar-refractivity contribution in [1.29, 1.82) is 0 Å². The Balaban J connectivity index is 0.000000648. The molecule has 0 saturated carbocycles. The lowest BCUT2D eigenvalue weighted by molar-refractivity contribution is 0.372. The third-order valence-corrected chi connectivity index (χ3v) is 3.85. The molecule has 0 radical (unpaired) electrons. The van der Waals surface area contributed by atoms with E-state index in [9.17, 15) is 4.57 Å². The molecule has 0 amide bonds. The third kappa shape index (κ3) is 9.63. The molecule has 0 aliphatic rings. The van der Waals surface area contributed by atoms with Crippen molar-refractivity contribution in [2.24, 2.45) is 0 Å². The fraction of sp³-hybridized carbons (Fsp3) is 0.200. The van der Waals surface area contributed by atoms with Crippen LogP contribution in [-0.2, 0) is 9.13 Å². The molecule has 7 nitrogen and oxygen atoms in total. The second-order valence-electron chi connectivity index (χ2n) is 4.89. The van der Waals surface area contributed by atoms with Crippen molar-refractivity contribution >= 4 is 21.5 Å². The Kier molecular flexibility index (Phi) is 8.93. The minimum atomic E-state index is -3.87. The zero-order chi connectivity index (χ0) is 18.0. The Hall–Kier alpha value is -1.46. The summed E-state index contributed by atoms with van der Waals surface area (Å²) < 4.78 is 19.5. The fourth-order valence-electron chi connectivity index (χ4n) is 1.93. The van der Waals surface area contributed by atoms with Gasteiger partial charge in [-0.25, -0.2) is 0 Å². The van der Waals surface area contributed by atoms with Gasteiger partial charge in [0.2, 0.25) is 0 Å². The number of rotatable bonds is 6. The van der Waals surface area contributed by atoms with Crippen LogP contribution in [0.25, 0.3) is 11.1 Å². The Morgan fingerprint density at radius 2 is 1.42 bits per heavy atom. The lowest BCUT2D eigenvalue weighted by Crippen LogP contribution is -2.03. The number of hydrogen-bond donors (Lipinski definition) is 5. The molecule has 2 aromatic carbocycles. The molecule has 0 aliphatic carbocycles. The van der Waals surface area contributed by atoms with Crippen molar-refractivity contribution in [3.63, 3.8) is 0 Å². The van der Waals surface area contributed by atoms with E-state index in [1.165, 1.54) is 5.56 Å². The summed E-state index contributed by atoms with van der Waals surface area (Å²) in [4.78, 5) is 31.8. The van der Waals surface area contributed by atoms with Gasteiger partial charge in [0, 0.05) is 12.2 Å². The van der Waals surface area contributed by atoms with Crippen molar-refractivity contribution in [2.75, 3.05) is 18.0 Å². The molecule has 0 aliphatic heterocycles. The lowest BCUT2D eigenvalue weighted by atomic mass is 10.1. The highest BCUT2D eigenvalue weighted by Gasteiger charge is 2.11. The average molecular weight is 373 g/mol. The van der Waals surface area contributed by atoms with Gasteiger partial charge in [-0.3, -0.25) is 9.13 Å². The Bertz CT molecular complexity index is 668. The summed E-state index contributed by atoms with van der Waals surface area (Å²) in [6.45, 7) is 0.551. The Morgan fingerprint density at radius 1 is 0.917 bits per heavy atom. The largest absolute Gasteiger partial charge is 0.385 e. The van der Waals surface area contributed by atoms with E-state index in [1.807, 2.05) is 42.5 Å². The second-order valence-corrected chi connectivity index (χ2v) is 7.24. The van der Waals surface area contributed by atoms with E-state index in [2.05, 4.69) is 17.4 Å². The predicted octanol–water partition coefficient (Wildman–Crippen LogP) is 2.69. The van der Waals surface area contributed by atoms with Crippen LogP contribution in [0.15, 0.2) is 54.6 Å². The highest BCUT2D eigenvalue weighted by molar-refractivity contribution is 7.51. The maximum atomic E-state index is 10.7. The first-order chi connectivity index (χ1) is 11.3. The summed E-state index contributed by atoms with van der Waals surface area (Å²) in [5, 5.41) is 3.15. The SMILES string of the molecule is O=P(O)(O)CCCNc1ccc(-c2ccccc2)cc1.O=[PH](O)O. The Labute approximate surface area is 141 Å². The summed E-state index contributed by atoms with van der Waals surface area (Å²) >= 11 is 0. The van der Waals surface area contributed by atoms with Gasteiger partial charge < -0.3 is 24.9 Å². The maximum Gasteiger partial charge on any atom is 0.325 e. The third-order valence-electron chi connectivity index (χ3n) is 2.95. The first kappa shape index (κ1) is 20.6. The van der Waals surface area contributed by atoms with Crippen molar-refractivity contribution in [1.82, 2.24) is 0 Å². The summed E-state index contributed by atoms with van der Waals surface area (Å²) in [6, 6.07) is 18.1. The smallest absolute Gasteiger partial charge is 0.325 e. The number of hydrogen-bond acceptors (Lipinski definition) is 3. The van der Waals surface area contributed by atoms with Gasteiger partial charge in [-0.2, -0.15) is 0 Å². The van der Waals surface area contributed by atoms with E-state index < -0.39 is 15.9 Å². The normalized spacial score (nSPS) is 10.9. The van der Waals surface area contributed by atoms with E-state index in [-0.39, 0.29) is 6.16 Å². The molecule has 0 heterocycles. The number of benzene rings is 2. The molecule has 132 valence electrons. The van der Waals surface area contributed by atoms with Crippen molar-refractivity contribution in [3.8, 4) is 11.1 Å². The summed E-state index contributed by atoms with van der Waals surface area (Å²) in [5.74, 6) is 0. The van der Waals surface area contributed by atoms with Gasteiger partial charge in [0.25, 0.3) is 0 Å². The molecule has 0 fully saturated rings. The summed E-state index contributed by atoms with van der Waals surface area (Å²) in [5.41, 5.74) is 3.27. The van der Waals surface area contributed by atoms with Crippen LogP contribution in [-0.4, -0.2) is 32.3 Å². The monoisotopic (exact) mass is 373 g/mol. The van der Waals surface area contributed by atoms with E-state index in [0.29, 0.717) is 13.0 Å². The molecular weight excluding hydrogens is 352 g/mol. The lowest BCUT2D eigenvalue weighted by Gasteiger charge is -2.08. The first-order valence-electron chi connectivity index (χ1n) is 7.14. The summed E-state index contributed by atoms with van der Waals surface area (Å²) in [7, 11) is -7.00. The standard InChI is InChI=1S/C15H18NO3P.H3O3P/c17-20(18,19)12-4-11-16-15-9-7-14(8-10-15)13-5-2-1-3-6-13;1-4(2)3/h1-3,5-10,16H,4,11-12H2,(H2,17,18,19);4H,(H2,1,2,3). The van der Waals surface area contributed by atoms with Crippen LogP contribution in [0.2, 0.25) is 0 Å². The van der Waals surface area contributed by atoms with E-state index in [0.717, 1.165) is 11.3 Å². The molecule has 0 spiro atoms. The van der Waals surface area contributed by atoms with Crippen molar-refractivity contribution in [2.45, 2.75) is 6.42 Å². The van der Waals surface area contributed by atoms with Gasteiger partial charge in [-0.1, -0.05) is 42.5 Å². The second kappa shape index (κ2) is 10.4. The fourth-order valence-corrected chi connectivity index (χ4v) is 2.50. The molecule has 0 bridgehead atoms. The van der Waals surface area contributed by atoms with Crippen LogP contribution >= 0.6 is 15.9 Å². The van der Waals surface area contributed by atoms with Gasteiger partial charge in [0.05, 0.1) is 6.16 Å². The van der Waals surface area contributed by atoms with E-state index >= 15 is 0 Å². The molecule has 2 rings (SSSR count). The summed E-state index contributed by atoms with van der Waals surface area (Å²) in [6.07, 6.45) is 0.368. The van der Waals surface area contributed by atoms with E-state index in [1.54, 1.807) is 0 Å². The van der Waals surface area contributed by atoms with Gasteiger partial charge >= 0.3 is 15.9 Å². The van der Waals surface area contributed by atoms with Crippen molar-refractivity contribution in [3.05, 3.63) is 54.6 Å². The molecule has 0 saturated heterocycles. The van der Waals surface area contributed by atoms with Gasteiger partial charge in [0.15, 0.2) is 0 Å². The molecule has 2 aromatic rings. The van der Waals surface area contributed by atoms with Gasteiger partial charge in [0.1, 0.15) is 0 Å². The molecule has 0 unspecified atom stereocenters.